The van der Waals surface area contributed by atoms with Crippen molar-refractivity contribution < 1.29 is 14.6 Å². The Morgan fingerprint density at radius 1 is 1.37 bits per heavy atom. The van der Waals surface area contributed by atoms with Gasteiger partial charge in [-0.05, 0) is 25.8 Å². The third kappa shape index (κ3) is 2.91. The average Bonchev–Trinajstić information content (AvgIpc) is 2.48. The number of benzene rings is 1. The first-order chi connectivity index (χ1) is 9.23. The van der Waals surface area contributed by atoms with Gasteiger partial charge in [-0.15, -0.1) is 0 Å². The monoisotopic (exact) mass is 265 g/mol. The van der Waals surface area contributed by atoms with Gasteiger partial charge in [0, 0.05) is 30.7 Å². The fraction of sp³-hybridized carbons (Fsp3) is 0.600. The molecule has 1 aliphatic rings. The van der Waals surface area contributed by atoms with Gasteiger partial charge in [0.1, 0.15) is 5.75 Å². The topological polar surface area (TPSA) is 64.7 Å². The number of aliphatic hydroxyl groups excluding tert-OH is 1. The first kappa shape index (κ1) is 14.3. The van der Waals surface area contributed by atoms with E-state index in [-0.39, 0.29) is 5.41 Å². The number of ether oxygens (including phenoxy) is 2. The zero-order valence-corrected chi connectivity index (χ0v) is 11.5. The van der Waals surface area contributed by atoms with Gasteiger partial charge >= 0.3 is 0 Å². The molecule has 1 aromatic carbocycles. The Bertz CT molecular complexity index is 402. The van der Waals surface area contributed by atoms with Crippen molar-refractivity contribution in [2.45, 2.75) is 25.9 Å². The summed E-state index contributed by atoms with van der Waals surface area (Å²) in [4.78, 5) is 0. The van der Waals surface area contributed by atoms with Gasteiger partial charge in [-0.1, -0.05) is 18.2 Å². The van der Waals surface area contributed by atoms with Crippen molar-refractivity contribution >= 4 is 0 Å². The second-order valence-corrected chi connectivity index (χ2v) is 5.05. The largest absolute Gasteiger partial charge is 0.493 e. The quantitative estimate of drug-likeness (QED) is 0.853. The summed E-state index contributed by atoms with van der Waals surface area (Å²) in [6, 6.07) is 7.65. The lowest BCUT2D eigenvalue weighted by Crippen LogP contribution is -2.41. The van der Waals surface area contributed by atoms with E-state index in [4.69, 9.17) is 15.2 Å². The number of para-hydroxylation sites is 1. The zero-order valence-electron chi connectivity index (χ0n) is 11.5. The predicted molar refractivity (Wildman–Crippen MR) is 74.1 cm³/mol. The molecule has 1 aromatic rings. The van der Waals surface area contributed by atoms with Crippen LogP contribution in [0.1, 0.15) is 31.4 Å². The van der Waals surface area contributed by atoms with E-state index in [0.29, 0.717) is 26.4 Å². The summed E-state index contributed by atoms with van der Waals surface area (Å²) in [6.45, 7) is 4.30. The van der Waals surface area contributed by atoms with E-state index in [1.807, 2.05) is 31.2 Å². The van der Waals surface area contributed by atoms with Gasteiger partial charge in [-0.2, -0.15) is 0 Å². The van der Waals surface area contributed by atoms with Gasteiger partial charge in [-0.25, -0.2) is 0 Å². The summed E-state index contributed by atoms with van der Waals surface area (Å²) in [6.07, 6.45) is 0.958. The number of aliphatic hydroxyl groups is 1. The van der Waals surface area contributed by atoms with Crippen LogP contribution in [0.4, 0.5) is 0 Å². The molecule has 0 radical (unpaired) electrons. The summed E-state index contributed by atoms with van der Waals surface area (Å²) in [7, 11) is 0. The molecule has 0 bridgehead atoms. The molecular formula is C15H23NO3. The number of nitrogens with two attached hydrogens (primary N) is 1. The molecule has 1 unspecified atom stereocenters. The Morgan fingerprint density at radius 2 is 2.05 bits per heavy atom. The molecule has 0 aromatic heterocycles. The molecule has 0 amide bonds. The number of rotatable bonds is 5. The molecule has 0 aliphatic carbocycles. The van der Waals surface area contributed by atoms with Gasteiger partial charge < -0.3 is 20.3 Å². The third-order valence-electron chi connectivity index (χ3n) is 3.99. The van der Waals surface area contributed by atoms with Crippen LogP contribution in [0.3, 0.4) is 0 Å². The van der Waals surface area contributed by atoms with E-state index < -0.39 is 6.10 Å². The minimum atomic E-state index is -0.607. The number of hydrogen-bond donors (Lipinski definition) is 2. The first-order valence-electron chi connectivity index (χ1n) is 6.91. The van der Waals surface area contributed by atoms with Crippen LogP contribution in [0.15, 0.2) is 24.3 Å². The van der Waals surface area contributed by atoms with Crippen molar-refractivity contribution in [2.24, 2.45) is 11.1 Å². The van der Waals surface area contributed by atoms with Crippen molar-refractivity contribution in [2.75, 3.05) is 26.4 Å². The van der Waals surface area contributed by atoms with Crippen LogP contribution >= 0.6 is 0 Å². The van der Waals surface area contributed by atoms with E-state index in [9.17, 15) is 5.11 Å². The van der Waals surface area contributed by atoms with Crippen LogP contribution in [0, 0.1) is 5.41 Å². The maximum Gasteiger partial charge on any atom is 0.125 e. The Labute approximate surface area is 114 Å². The fourth-order valence-corrected chi connectivity index (χ4v) is 2.69. The molecule has 3 N–H and O–H groups in total. The number of hydrogen-bond acceptors (Lipinski definition) is 4. The van der Waals surface area contributed by atoms with Gasteiger partial charge in [-0.3, -0.25) is 0 Å². The van der Waals surface area contributed by atoms with Gasteiger partial charge in [0.15, 0.2) is 0 Å². The normalized spacial score (nSPS) is 19.9. The fourth-order valence-electron chi connectivity index (χ4n) is 2.69. The highest BCUT2D eigenvalue weighted by Gasteiger charge is 2.40. The molecule has 2 rings (SSSR count). The van der Waals surface area contributed by atoms with Crippen molar-refractivity contribution in [1.82, 2.24) is 0 Å². The SMILES string of the molecule is CCOc1ccccc1C(O)C1(CN)CCOCC1. The summed E-state index contributed by atoms with van der Waals surface area (Å²) >= 11 is 0. The van der Waals surface area contributed by atoms with E-state index >= 15 is 0 Å². The zero-order chi connectivity index (χ0) is 13.7. The first-order valence-corrected chi connectivity index (χ1v) is 6.91. The molecular weight excluding hydrogens is 242 g/mol. The lowest BCUT2D eigenvalue weighted by atomic mass is 9.73. The van der Waals surface area contributed by atoms with Gasteiger partial charge in [0.2, 0.25) is 0 Å². The molecule has 1 fully saturated rings. The minimum absolute atomic E-state index is 0.300. The van der Waals surface area contributed by atoms with Crippen molar-refractivity contribution in [3.8, 4) is 5.75 Å². The molecule has 0 spiro atoms. The maximum absolute atomic E-state index is 10.8. The van der Waals surface area contributed by atoms with Gasteiger partial charge in [0.05, 0.1) is 12.7 Å². The summed E-state index contributed by atoms with van der Waals surface area (Å²) in [5.41, 5.74) is 6.47. The molecule has 1 saturated heterocycles. The van der Waals surface area contributed by atoms with Gasteiger partial charge in [0.25, 0.3) is 0 Å². The van der Waals surface area contributed by atoms with E-state index in [1.54, 1.807) is 0 Å². The highest BCUT2D eigenvalue weighted by molar-refractivity contribution is 5.36. The second-order valence-electron chi connectivity index (χ2n) is 5.05. The Kier molecular flexibility index (Phi) is 4.80. The predicted octanol–water partition coefficient (Wildman–Crippen LogP) is 1.87. The van der Waals surface area contributed by atoms with Crippen LogP contribution < -0.4 is 10.5 Å². The molecule has 4 heteroatoms. The lowest BCUT2D eigenvalue weighted by molar-refractivity contribution is -0.0589. The smallest absolute Gasteiger partial charge is 0.125 e. The molecule has 1 aliphatic heterocycles. The highest BCUT2D eigenvalue weighted by Crippen LogP contribution is 2.44. The van der Waals surface area contributed by atoms with Crippen LogP contribution in [0.5, 0.6) is 5.75 Å². The molecule has 106 valence electrons. The Balaban J connectivity index is 2.28. The summed E-state index contributed by atoms with van der Waals surface area (Å²) in [5, 5.41) is 10.8. The van der Waals surface area contributed by atoms with Crippen LogP contribution in [-0.2, 0) is 4.74 Å². The van der Waals surface area contributed by atoms with E-state index in [0.717, 1.165) is 24.2 Å². The van der Waals surface area contributed by atoms with Crippen LogP contribution in [0.2, 0.25) is 0 Å². The molecule has 4 nitrogen and oxygen atoms in total. The van der Waals surface area contributed by atoms with Crippen LogP contribution in [0.25, 0.3) is 0 Å². The van der Waals surface area contributed by atoms with Crippen LogP contribution in [-0.4, -0.2) is 31.5 Å². The minimum Gasteiger partial charge on any atom is -0.493 e. The standard InChI is InChI=1S/C15H23NO3/c1-2-19-13-6-4-3-5-12(13)14(17)15(11-16)7-9-18-10-8-15/h3-6,14,17H,2,7-11,16H2,1H3. The lowest BCUT2D eigenvalue weighted by Gasteiger charge is -2.40. The summed E-state index contributed by atoms with van der Waals surface area (Å²) < 4.78 is 11.0. The van der Waals surface area contributed by atoms with Crippen molar-refractivity contribution in [3.63, 3.8) is 0 Å². The maximum atomic E-state index is 10.8. The second kappa shape index (κ2) is 6.37. The Morgan fingerprint density at radius 3 is 2.68 bits per heavy atom. The van der Waals surface area contributed by atoms with Crippen molar-refractivity contribution in [3.05, 3.63) is 29.8 Å². The average molecular weight is 265 g/mol. The molecule has 0 saturated carbocycles. The van der Waals surface area contributed by atoms with E-state index in [1.165, 1.54) is 0 Å². The molecule has 1 heterocycles. The molecule has 19 heavy (non-hydrogen) atoms. The summed E-state index contributed by atoms with van der Waals surface area (Å²) in [5.74, 6) is 0.747. The van der Waals surface area contributed by atoms with Crippen molar-refractivity contribution in [1.29, 1.82) is 0 Å². The van der Waals surface area contributed by atoms with E-state index in [2.05, 4.69) is 0 Å². The third-order valence-corrected chi connectivity index (χ3v) is 3.99. The highest BCUT2D eigenvalue weighted by atomic mass is 16.5. The molecule has 1 atom stereocenters. The Hall–Kier alpha value is -1.10.